The van der Waals surface area contributed by atoms with Gasteiger partial charge in [0.25, 0.3) is 0 Å². The minimum Gasteiger partial charge on any atom is -0.317 e. The average molecular weight is 195 g/mol. The Balaban J connectivity index is 0.000000720. The molecular weight excluding hydrogens is 179 g/mol. The van der Waals surface area contributed by atoms with Gasteiger partial charge in [-0.15, -0.1) is 12.4 Å². The lowest BCUT2D eigenvalue weighted by atomic mass is 10.0. The number of nitrogens with one attached hydrogen (secondary N) is 1. The van der Waals surface area contributed by atoms with E-state index in [0.717, 1.165) is 13.1 Å². The van der Waals surface area contributed by atoms with Gasteiger partial charge in [0.1, 0.15) is 6.17 Å². The van der Waals surface area contributed by atoms with Crippen molar-refractivity contribution in [1.29, 1.82) is 0 Å². The quantitative estimate of drug-likeness (QED) is 0.665. The van der Waals surface area contributed by atoms with E-state index in [4.69, 9.17) is 0 Å². The van der Waals surface area contributed by atoms with Gasteiger partial charge in [-0.2, -0.15) is 0 Å². The van der Waals surface area contributed by atoms with Crippen molar-refractivity contribution in [2.75, 3.05) is 26.2 Å². The summed E-state index contributed by atoms with van der Waals surface area (Å²) in [5, 5.41) is 3.31. The third-order valence-electron chi connectivity index (χ3n) is 2.69. The zero-order valence-corrected chi connectivity index (χ0v) is 7.95. The molecule has 2 aliphatic heterocycles. The minimum absolute atomic E-state index is 0. The lowest BCUT2D eigenvalue weighted by molar-refractivity contribution is 0.0166. The number of halogens is 2. The van der Waals surface area contributed by atoms with E-state index >= 15 is 0 Å². The lowest BCUT2D eigenvalue weighted by Crippen LogP contribution is -2.55. The highest BCUT2D eigenvalue weighted by atomic mass is 35.5. The van der Waals surface area contributed by atoms with Gasteiger partial charge >= 0.3 is 0 Å². The number of hydrogen-bond acceptors (Lipinski definition) is 2. The first kappa shape index (κ1) is 10.2. The summed E-state index contributed by atoms with van der Waals surface area (Å²) in [7, 11) is 0. The molecule has 0 bridgehead atoms. The molecular formula is C8H16ClFN2. The zero-order chi connectivity index (χ0) is 7.68. The molecule has 0 saturated carbocycles. The molecule has 0 unspecified atom stereocenters. The maximum absolute atomic E-state index is 12.5. The van der Waals surface area contributed by atoms with Crippen LogP contribution in [-0.2, 0) is 0 Å². The molecule has 0 aromatic carbocycles. The predicted molar refractivity (Wildman–Crippen MR) is 49.6 cm³/mol. The molecule has 0 aromatic rings. The van der Waals surface area contributed by atoms with Crippen molar-refractivity contribution in [3.63, 3.8) is 0 Å². The Morgan fingerprint density at radius 3 is 2.25 bits per heavy atom. The fourth-order valence-corrected chi connectivity index (χ4v) is 1.93. The van der Waals surface area contributed by atoms with E-state index in [1.807, 2.05) is 0 Å². The number of hydrogen-bond donors (Lipinski definition) is 1. The Kier molecular flexibility index (Phi) is 3.75. The summed E-state index contributed by atoms with van der Waals surface area (Å²) in [6.45, 7) is 3.59. The van der Waals surface area contributed by atoms with Gasteiger partial charge in [-0.1, -0.05) is 0 Å². The predicted octanol–water partition coefficient (Wildman–Crippen LogP) is 0.814. The number of rotatable bonds is 1. The average Bonchev–Trinajstić information content (AvgIpc) is 2.01. The molecule has 2 fully saturated rings. The van der Waals surface area contributed by atoms with Crippen molar-refractivity contribution in [1.82, 2.24) is 10.2 Å². The van der Waals surface area contributed by atoms with E-state index in [1.54, 1.807) is 0 Å². The van der Waals surface area contributed by atoms with Crippen LogP contribution >= 0.6 is 12.4 Å². The van der Waals surface area contributed by atoms with Crippen molar-refractivity contribution in [3.8, 4) is 0 Å². The van der Waals surface area contributed by atoms with Crippen molar-refractivity contribution in [2.45, 2.75) is 25.1 Å². The Labute approximate surface area is 78.9 Å². The summed E-state index contributed by atoms with van der Waals surface area (Å²) >= 11 is 0. The normalized spacial score (nSPS) is 27.8. The molecule has 2 saturated heterocycles. The van der Waals surface area contributed by atoms with Crippen molar-refractivity contribution < 1.29 is 4.39 Å². The first-order chi connectivity index (χ1) is 5.36. The van der Waals surface area contributed by atoms with Crippen LogP contribution in [0.5, 0.6) is 0 Å². The molecule has 0 atom stereocenters. The van der Waals surface area contributed by atoms with Crippen LogP contribution in [0.25, 0.3) is 0 Å². The molecule has 0 aromatic heterocycles. The second kappa shape index (κ2) is 4.40. The van der Waals surface area contributed by atoms with Crippen LogP contribution < -0.4 is 5.32 Å². The summed E-state index contributed by atoms with van der Waals surface area (Å²) < 4.78 is 12.5. The molecule has 0 spiro atoms. The van der Waals surface area contributed by atoms with Crippen LogP contribution in [0.3, 0.4) is 0 Å². The maximum Gasteiger partial charge on any atom is 0.125 e. The Morgan fingerprint density at radius 2 is 1.75 bits per heavy atom. The molecule has 12 heavy (non-hydrogen) atoms. The number of likely N-dealkylation sites (tertiary alicyclic amines) is 1. The third-order valence-corrected chi connectivity index (χ3v) is 2.69. The van der Waals surface area contributed by atoms with Gasteiger partial charge in [0.05, 0.1) is 0 Å². The molecule has 0 amide bonds. The molecule has 2 heterocycles. The third kappa shape index (κ3) is 2.09. The van der Waals surface area contributed by atoms with Crippen molar-refractivity contribution in [2.24, 2.45) is 0 Å². The first-order valence-electron chi connectivity index (χ1n) is 4.45. The van der Waals surface area contributed by atoms with Gasteiger partial charge in [-0.3, -0.25) is 4.90 Å². The van der Waals surface area contributed by atoms with Crippen LogP contribution in [0.1, 0.15) is 12.8 Å². The maximum atomic E-state index is 12.5. The van der Waals surface area contributed by atoms with E-state index in [-0.39, 0.29) is 12.4 Å². The summed E-state index contributed by atoms with van der Waals surface area (Å²) in [5.41, 5.74) is 0. The van der Waals surface area contributed by atoms with Crippen molar-refractivity contribution >= 4 is 12.4 Å². The summed E-state index contributed by atoms with van der Waals surface area (Å²) in [5.74, 6) is 0. The van der Waals surface area contributed by atoms with E-state index in [2.05, 4.69) is 10.2 Å². The smallest absolute Gasteiger partial charge is 0.125 e. The van der Waals surface area contributed by atoms with E-state index in [1.165, 1.54) is 12.8 Å². The largest absolute Gasteiger partial charge is 0.317 e. The fraction of sp³-hybridized carbons (Fsp3) is 1.00. The Bertz CT molecular complexity index is 133. The second-order valence-corrected chi connectivity index (χ2v) is 3.53. The summed E-state index contributed by atoms with van der Waals surface area (Å²) in [6.07, 6.45) is 1.87. The van der Waals surface area contributed by atoms with E-state index in [9.17, 15) is 4.39 Å². The van der Waals surface area contributed by atoms with Crippen LogP contribution in [0.4, 0.5) is 4.39 Å². The van der Waals surface area contributed by atoms with Crippen molar-refractivity contribution in [3.05, 3.63) is 0 Å². The van der Waals surface area contributed by atoms with E-state index < -0.39 is 6.17 Å². The van der Waals surface area contributed by atoms with Gasteiger partial charge in [0.15, 0.2) is 0 Å². The molecule has 0 radical (unpaired) electrons. The zero-order valence-electron chi connectivity index (χ0n) is 7.13. The molecule has 2 aliphatic rings. The van der Waals surface area contributed by atoms with Gasteiger partial charge in [0, 0.05) is 19.1 Å². The number of alkyl halides is 1. The number of nitrogens with zero attached hydrogens (tertiary/aromatic N) is 1. The number of piperidine rings is 1. The highest BCUT2D eigenvalue weighted by Crippen LogP contribution is 2.20. The van der Waals surface area contributed by atoms with Crippen LogP contribution in [0.15, 0.2) is 0 Å². The standard InChI is InChI=1S/C8H15FN2.ClH/c9-7-5-11(6-7)8-1-3-10-4-2-8;/h7-8,10H,1-6H2;1H. The second-order valence-electron chi connectivity index (χ2n) is 3.53. The Hall–Kier alpha value is 0.140. The van der Waals surface area contributed by atoms with Gasteiger partial charge in [-0.25, -0.2) is 4.39 Å². The highest BCUT2D eigenvalue weighted by Gasteiger charge is 2.32. The fourth-order valence-electron chi connectivity index (χ4n) is 1.93. The lowest BCUT2D eigenvalue weighted by Gasteiger charge is -2.42. The monoisotopic (exact) mass is 194 g/mol. The molecule has 1 N–H and O–H groups in total. The molecule has 2 nitrogen and oxygen atoms in total. The van der Waals surface area contributed by atoms with Gasteiger partial charge in [0.2, 0.25) is 0 Å². The highest BCUT2D eigenvalue weighted by molar-refractivity contribution is 5.85. The summed E-state index contributed by atoms with van der Waals surface area (Å²) in [6, 6.07) is 0.670. The first-order valence-corrected chi connectivity index (χ1v) is 4.45. The molecule has 72 valence electrons. The van der Waals surface area contributed by atoms with Gasteiger partial charge < -0.3 is 5.32 Å². The molecule has 4 heteroatoms. The minimum atomic E-state index is -0.537. The van der Waals surface area contributed by atoms with Crippen LogP contribution in [0, 0.1) is 0 Å². The summed E-state index contributed by atoms with van der Waals surface area (Å²) in [4.78, 5) is 2.27. The van der Waals surface area contributed by atoms with Gasteiger partial charge in [-0.05, 0) is 25.9 Å². The van der Waals surface area contributed by atoms with Crippen LogP contribution in [0.2, 0.25) is 0 Å². The van der Waals surface area contributed by atoms with E-state index in [0.29, 0.717) is 19.1 Å². The SMILES string of the molecule is Cl.FC1CN(C2CCNCC2)C1. The Morgan fingerprint density at radius 1 is 1.17 bits per heavy atom. The molecule has 2 rings (SSSR count). The topological polar surface area (TPSA) is 15.3 Å². The van der Waals surface area contributed by atoms with Crippen LogP contribution in [-0.4, -0.2) is 43.3 Å². The molecule has 0 aliphatic carbocycles.